The van der Waals surface area contributed by atoms with Crippen LogP contribution in [0.3, 0.4) is 0 Å². The van der Waals surface area contributed by atoms with Crippen LogP contribution in [0.15, 0.2) is 24.3 Å². The van der Waals surface area contributed by atoms with Crippen LogP contribution in [-0.4, -0.2) is 11.7 Å². The molecule has 0 saturated heterocycles. The lowest BCUT2D eigenvalue weighted by atomic mass is 10.0. The predicted octanol–water partition coefficient (Wildman–Crippen LogP) is 5.31. The van der Waals surface area contributed by atoms with Gasteiger partial charge in [-0.05, 0) is 30.9 Å². The van der Waals surface area contributed by atoms with Crippen LogP contribution < -0.4 is 0 Å². The minimum absolute atomic E-state index is 0.362. The molecule has 0 saturated carbocycles. The van der Waals surface area contributed by atoms with Crippen molar-refractivity contribution in [3.8, 4) is 0 Å². The second-order valence-electron chi connectivity index (χ2n) is 5.75. The van der Waals surface area contributed by atoms with Crippen LogP contribution in [0.25, 0.3) is 0 Å². The number of rotatable bonds is 13. The highest BCUT2D eigenvalue weighted by atomic mass is 16.2. The van der Waals surface area contributed by atoms with Crippen molar-refractivity contribution in [1.82, 2.24) is 0 Å². The molecule has 113 valence electrons. The average Bonchev–Trinajstić information content (AvgIpc) is 2.49. The van der Waals surface area contributed by atoms with Gasteiger partial charge in [-0.1, -0.05) is 82.1 Å². The van der Waals surface area contributed by atoms with E-state index >= 15 is 0 Å². The average molecular weight is 275 g/mol. The van der Waals surface area contributed by atoms with Gasteiger partial charge in [-0.3, -0.25) is 0 Å². The van der Waals surface area contributed by atoms with E-state index in [4.69, 9.17) is 5.11 Å². The van der Waals surface area contributed by atoms with Crippen LogP contribution in [0.1, 0.15) is 76.2 Å². The molecule has 0 unspecified atom stereocenters. The summed E-state index contributed by atoms with van der Waals surface area (Å²) in [6, 6.07) is 11.6. The first-order valence-electron chi connectivity index (χ1n) is 8.50. The molecule has 0 atom stereocenters. The summed E-state index contributed by atoms with van der Waals surface area (Å²) in [5, 5.41) is 8.68. The normalized spacial score (nSPS) is 10.8. The van der Waals surface area contributed by atoms with Crippen molar-refractivity contribution in [2.24, 2.45) is 0 Å². The van der Waals surface area contributed by atoms with Crippen LogP contribution >= 0.6 is 0 Å². The molecular weight excluding hydrogens is 244 g/mol. The zero-order valence-electron chi connectivity index (χ0n) is 12.9. The van der Waals surface area contributed by atoms with Gasteiger partial charge in [0, 0.05) is 6.61 Å². The first-order chi connectivity index (χ1) is 9.93. The van der Waals surface area contributed by atoms with E-state index < -0.39 is 0 Å². The topological polar surface area (TPSA) is 20.2 Å². The minimum Gasteiger partial charge on any atom is -0.396 e. The van der Waals surface area contributed by atoms with Crippen LogP contribution in [0.4, 0.5) is 0 Å². The summed E-state index contributed by atoms with van der Waals surface area (Å²) in [4.78, 5) is 0. The lowest BCUT2D eigenvalue weighted by molar-refractivity contribution is 0.282. The van der Waals surface area contributed by atoms with Crippen molar-refractivity contribution in [3.63, 3.8) is 0 Å². The Balaban J connectivity index is 1.77. The summed E-state index contributed by atoms with van der Waals surface area (Å²) in [7, 11) is 0. The van der Waals surface area contributed by atoms with E-state index in [1.165, 1.54) is 76.2 Å². The second-order valence-corrected chi connectivity index (χ2v) is 5.75. The smallest absolute Gasteiger partial charge is 0.0431 e. The Hall–Kier alpha value is -0.820. The van der Waals surface area contributed by atoms with Crippen molar-refractivity contribution in [2.45, 2.75) is 77.0 Å². The van der Waals surface area contributed by atoms with Crippen molar-refractivity contribution in [3.05, 3.63) is 35.9 Å². The van der Waals surface area contributed by atoms with Gasteiger partial charge in [0.15, 0.2) is 0 Å². The molecule has 1 radical (unpaired) electrons. The fourth-order valence-corrected chi connectivity index (χ4v) is 2.60. The number of aliphatic hydroxyl groups is 1. The summed E-state index contributed by atoms with van der Waals surface area (Å²) < 4.78 is 0. The van der Waals surface area contributed by atoms with E-state index in [2.05, 4.69) is 18.2 Å². The maximum atomic E-state index is 8.68. The molecule has 0 aliphatic rings. The molecule has 0 fully saturated rings. The Morgan fingerprint density at radius 2 is 1.25 bits per heavy atom. The van der Waals surface area contributed by atoms with Gasteiger partial charge in [-0.15, -0.1) is 0 Å². The summed E-state index contributed by atoms with van der Waals surface area (Å²) >= 11 is 0. The molecule has 0 heterocycles. The van der Waals surface area contributed by atoms with E-state index in [0.717, 1.165) is 6.42 Å². The van der Waals surface area contributed by atoms with Gasteiger partial charge >= 0.3 is 0 Å². The SMILES string of the molecule is OCCCCCCCCCCCCCc1[c]cccc1. The molecule has 0 aliphatic heterocycles. The van der Waals surface area contributed by atoms with Crippen molar-refractivity contribution in [1.29, 1.82) is 0 Å². The number of benzene rings is 1. The van der Waals surface area contributed by atoms with Crippen LogP contribution in [-0.2, 0) is 6.42 Å². The molecule has 1 aromatic carbocycles. The molecule has 0 aromatic heterocycles. The van der Waals surface area contributed by atoms with Crippen molar-refractivity contribution >= 4 is 0 Å². The Morgan fingerprint density at radius 1 is 0.700 bits per heavy atom. The van der Waals surface area contributed by atoms with Gasteiger partial charge in [0.1, 0.15) is 0 Å². The first-order valence-corrected chi connectivity index (χ1v) is 8.50. The molecule has 1 N–H and O–H groups in total. The summed E-state index contributed by atoms with van der Waals surface area (Å²) in [5.41, 5.74) is 1.36. The maximum absolute atomic E-state index is 8.68. The van der Waals surface area contributed by atoms with Gasteiger partial charge < -0.3 is 5.11 Å². The number of aryl methyl sites for hydroxylation is 1. The highest BCUT2D eigenvalue weighted by Crippen LogP contribution is 2.12. The molecular formula is C19H31O. The van der Waals surface area contributed by atoms with Gasteiger partial charge in [0.05, 0.1) is 0 Å². The first kappa shape index (κ1) is 17.2. The summed E-state index contributed by atoms with van der Waals surface area (Å²) in [6.45, 7) is 0.362. The van der Waals surface area contributed by atoms with Crippen LogP contribution in [0.2, 0.25) is 0 Å². The highest BCUT2D eigenvalue weighted by molar-refractivity contribution is 5.12. The monoisotopic (exact) mass is 275 g/mol. The molecule has 1 nitrogen and oxygen atoms in total. The summed E-state index contributed by atoms with van der Waals surface area (Å²) in [6.07, 6.45) is 15.6. The largest absolute Gasteiger partial charge is 0.396 e. The van der Waals surface area contributed by atoms with E-state index in [9.17, 15) is 0 Å². The Bertz CT molecular complexity index is 294. The van der Waals surface area contributed by atoms with E-state index in [1.807, 2.05) is 12.1 Å². The Morgan fingerprint density at radius 3 is 1.75 bits per heavy atom. The zero-order chi connectivity index (χ0) is 14.3. The third-order valence-electron chi connectivity index (χ3n) is 3.88. The second kappa shape index (κ2) is 13.2. The van der Waals surface area contributed by atoms with E-state index in [0.29, 0.717) is 6.61 Å². The van der Waals surface area contributed by atoms with Crippen LogP contribution in [0.5, 0.6) is 0 Å². The predicted molar refractivity (Wildman–Crippen MR) is 86.9 cm³/mol. The minimum atomic E-state index is 0.362. The van der Waals surface area contributed by atoms with Gasteiger partial charge in [-0.2, -0.15) is 0 Å². The van der Waals surface area contributed by atoms with Gasteiger partial charge in [-0.25, -0.2) is 0 Å². The Kier molecular flexibility index (Phi) is 11.4. The lowest BCUT2D eigenvalue weighted by Gasteiger charge is -2.03. The number of hydrogen-bond donors (Lipinski definition) is 1. The van der Waals surface area contributed by atoms with Crippen molar-refractivity contribution in [2.75, 3.05) is 6.61 Å². The molecule has 20 heavy (non-hydrogen) atoms. The van der Waals surface area contributed by atoms with Crippen LogP contribution in [0, 0.1) is 6.07 Å². The Labute approximate surface area is 125 Å². The van der Waals surface area contributed by atoms with E-state index in [1.54, 1.807) is 0 Å². The molecule has 0 amide bonds. The fraction of sp³-hybridized carbons (Fsp3) is 0.684. The molecule has 1 aromatic rings. The fourth-order valence-electron chi connectivity index (χ4n) is 2.60. The molecule has 1 heteroatoms. The number of aliphatic hydroxyl groups excluding tert-OH is 1. The maximum Gasteiger partial charge on any atom is 0.0431 e. The molecule has 1 rings (SSSR count). The van der Waals surface area contributed by atoms with Gasteiger partial charge in [0.2, 0.25) is 0 Å². The molecule has 0 aliphatic carbocycles. The standard InChI is InChI=1S/C19H31O/c20-18-14-9-7-5-3-1-2-4-6-8-11-15-19-16-12-10-13-17-19/h10,12-13,16,20H,1-9,11,14-15,18H2. The van der Waals surface area contributed by atoms with E-state index in [-0.39, 0.29) is 0 Å². The third kappa shape index (κ3) is 10.0. The van der Waals surface area contributed by atoms with Gasteiger partial charge in [0.25, 0.3) is 0 Å². The quantitative estimate of drug-likeness (QED) is 0.483. The summed E-state index contributed by atoms with van der Waals surface area (Å²) in [5.74, 6) is 0. The molecule has 0 spiro atoms. The number of unbranched alkanes of at least 4 members (excludes halogenated alkanes) is 10. The zero-order valence-corrected chi connectivity index (χ0v) is 12.9. The lowest BCUT2D eigenvalue weighted by Crippen LogP contribution is -1.87. The van der Waals surface area contributed by atoms with Crippen molar-refractivity contribution < 1.29 is 5.11 Å². The number of hydrogen-bond acceptors (Lipinski definition) is 1. The molecule has 0 bridgehead atoms. The highest BCUT2D eigenvalue weighted by Gasteiger charge is 1.95. The third-order valence-corrected chi connectivity index (χ3v) is 3.88.